The molecule has 5 nitrogen and oxygen atoms in total. The van der Waals surface area contributed by atoms with Gasteiger partial charge in [-0.2, -0.15) is 0 Å². The van der Waals surface area contributed by atoms with Gasteiger partial charge in [-0.1, -0.05) is 6.07 Å². The first-order chi connectivity index (χ1) is 8.78. The molecule has 1 atom stereocenters. The first kappa shape index (κ1) is 12.9. The number of hydrogen-bond donors (Lipinski definition) is 2. The number of benzene rings is 1. The van der Waals surface area contributed by atoms with E-state index in [0.29, 0.717) is 6.04 Å². The second-order valence-electron chi connectivity index (χ2n) is 4.27. The van der Waals surface area contributed by atoms with E-state index in [1.54, 1.807) is 0 Å². The van der Waals surface area contributed by atoms with Crippen LogP contribution in [0.2, 0.25) is 0 Å². The Morgan fingerprint density at radius 2 is 2.33 bits per heavy atom. The van der Waals surface area contributed by atoms with Crippen LogP contribution in [0.1, 0.15) is 6.42 Å². The zero-order valence-corrected chi connectivity index (χ0v) is 10.4. The lowest BCUT2D eigenvalue weighted by Gasteiger charge is -2.13. The third-order valence-corrected chi connectivity index (χ3v) is 2.72. The van der Waals surface area contributed by atoms with Crippen molar-refractivity contribution in [1.29, 1.82) is 0 Å². The van der Waals surface area contributed by atoms with Gasteiger partial charge in [0.05, 0.1) is 12.6 Å². The van der Waals surface area contributed by atoms with E-state index in [4.69, 9.17) is 9.47 Å². The van der Waals surface area contributed by atoms with E-state index in [1.807, 2.05) is 24.3 Å². The fourth-order valence-corrected chi connectivity index (χ4v) is 1.90. The summed E-state index contributed by atoms with van der Waals surface area (Å²) in [5.74, 6) is -0.154. The Morgan fingerprint density at radius 3 is 3.06 bits per heavy atom. The fourth-order valence-electron chi connectivity index (χ4n) is 1.90. The Labute approximate surface area is 106 Å². The van der Waals surface area contributed by atoms with E-state index in [0.717, 1.165) is 31.0 Å². The van der Waals surface area contributed by atoms with Gasteiger partial charge in [-0.3, -0.25) is 4.79 Å². The Bertz CT molecular complexity index is 403. The monoisotopic (exact) mass is 250 g/mol. The molecular formula is C13H18N2O3. The minimum atomic E-state index is -0.154. The minimum Gasteiger partial charge on any atom is -0.380 e. The zero-order valence-electron chi connectivity index (χ0n) is 10.4. The minimum absolute atomic E-state index is 0.0636. The summed E-state index contributed by atoms with van der Waals surface area (Å²) in [6.07, 6.45) is 1.01. The zero-order chi connectivity index (χ0) is 12.8. The van der Waals surface area contributed by atoms with E-state index in [-0.39, 0.29) is 12.5 Å². The van der Waals surface area contributed by atoms with Crippen molar-refractivity contribution in [1.82, 2.24) is 0 Å². The molecule has 2 rings (SSSR count). The normalized spacial score (nSPS) is 18.6. The summed E-state index contributed by atoms with van der Waals surface area (Å²) in [5.41, 5.74) is 1.75. The summed E-state index contributed by atoms with van der Waals surface area (Å²) in [5, 5.41) is 6.15. The molecule has 1 aromatic rings. The molecule has 0 saturated carbocycles. The van der Waals surface area contributed by atoms with Gasteiger partial charge in [0, 0.05) is 25.1 Å². The lowest BCUT2D eigenvalue weighted by atomic mass is 10.2. The van der Waals surface area contributed by atoms with Crippen molar-refractivity contribution in [3.63, 3.8) is 0 Å². The average molecular weight is 250 g/mol. The summed E-state index contributed by atoms with van der Waals surface area (Å²) in [7, 11) is 1.50. The molecule has 2 N–H and O–H groups in total. The summed E-state index contributed by atoms with van der Waals surface area (Å²) in [6, 6.07) is 8.00. The van der Waals surface area contributed by atoms with Crippen LogP contribution in [0.5, 0.6) is 0 Å². The molecule has 1 aliphatic rings. The van der Waals surface area contributed by atoms with Crippen LogP contribution in [0.4, 0.5) is 11.4 Å². The maximum Gasteiger partial charge on any atom is 0.250 e. The summed E-state index contributed by atoms with van der Waals surface area (Å²) in [4.78, 5) is 11.4. The van der Waals surface area contributed by atoms with E-state index >= 15 is 0 Å². The summed E-state index contributed by atoms with van der Waals surface area (Å²) < 4.78 is 10.1. The van der Waals surface area contributed by atoms with Gasteiger partial charge in [0.2, 0.25) is 5.91 Å². The predicted molar refractivity (Wildman–Crippen MR) is 69.8 cm³/mol. The molecule has 1 aliphatic heterocycles. The third-order valence-electron chi connectivity index (χ3n) is 2.72. The van der Waals surface area contributed by atoms with E-state index < -0.39 is 0 Å². The van der Waals surface area contributed by atoms with Crippen molar-refractivity contribution in [2.75, 3.05) is 37.6 Å². The molecule has 0 radical (unpaired) electrons. The quantitative estimate of drug-likeness (QED) is 0.831. The number of nitrogens with one attached hydrogen (secondary N) is 2. The smallest absolute Gasteiger partial charge is 0.250 e. The molecule has 1 fully saturated rings. The first-order valence-corrected chi connectivity index (χ1v) is 6.01. The maximum atomic E-state index is 11.4. The maximum absolute atomic E-state index is 11.4. The number of ether oxygens (including phenoxy) is 2. The van der Waals surface area contributed by atoms with Crippen LogP contribution in [0.15, 0.2) is 24.3 Å². The molecule has 0 aromatic heterocycles. The second kappa shape index (κ2) is 6.37. The van der Waals surface area contributed by atoms with E-state index in [1.165, 1.54) is 7.11 Å². The van der Waals surface area contributed by atoms with Gasteiger partial charge in [-0.05, 0) is 24.6 Å². The predicted octanol–water partition coefficient (Wildman–Crippen LogP) is 1.47. The molecule has 1 heterocycles. The van der Waals surface area contributed by atoms with Crippen molar-refractivity contribution in [3.8, 4) is 0 Å². The van der Waals surface area contributed by atoms with Crippen molar-refractivity contribution >= 4 is 17.3 Å². The number of carbonyl (C=O) groups excluding carboxylic acids is 1. The number of rotatable bonds is 5. The molecule has 0 bridgehead atoms. The lowest BCUT2D eigenvalue weighted by Crippen LogP contribution is -2.19. The highest BCUT2D eigenvalue weighted by molar-refractivity contribution is 5.92. The lowest BCUT2D eigenvalue weighted by molar-refractivity contribution is -0.119. The number of amides is 1. The Hall–Kier alpha value is -1.59. The van der Waals surface area contributed by atoms with Crippen LogP contribution in [0.25, 0.3) is 0 Å². The standard InChI is InChI=1S/C13H18N2O3/c1-17-9-13(16)15-11-4-2-3-10(7-11)14-12-5-6-18-8-12/h2-4,7,12,14H,5-6,8-9H2,1H3,(H,15,16). The Morgan fingerprint density at radius 1 is 1.50 bits per heavy atom. The third kappa shape index (κ3) is 3.72. The number of hydrogen-bond acceptors (Lipinski definition) is 4. The molecule has 1 saturated heterocycles. The highest BCUT2D eigenvalue weighted by Crippen LogP contribution is 2.18. The highest BCUT2D eigenvalue weighted by Gasteiger charge is 2.15. The van der Waals surface area contributed by atoms with Gasteiger partial charge in [0.1, 0.15) is 6.61 Å². The molecule has 98 valence electrons. The number of methoxy groups -OCH3 is 1. The van der Waals surface area contributed by atoms with Crippen LogP contribution >= 0.6 is 0 Å². The van der Waals surface area contributed by atoms with Crippen LogP contribution in [-0.2, 0) is 14.3 Å². The van der Waals surface area contributed by atoms with E-state index in [9.17, 15) is 4.79 Å². The molecule has 1 unspecified atom stereocenters. The Balaban J connectivity index is 1.93. The van der Waals surface area contributed by atoms with Crippen molar-refractivity contribution in [3.05, 3.63) is 24.3 Å². The molecule has 1 aromatic carbocycles. The highest BCUT2D eigenvalue weighted by atomic mass is 16.5. The van der Waals surface area contributed by atoms with E-state index in [2.05, 4.69) is 10.6 Å². The number of anilines is 2. The molecular weight excluding hydrogens is 232 g/mol. The van der Waals surface area contributed by atoms with Gasteiger partial charge in [0.25, 0.3) is 0 Å². The molecule has 18 heavy (non-hydrogen) atoms. The second-order valence-corrected chi connectivity index (χ2v) is 4.27. The Kier molecular flexibility index (Phi) is 4.55. The molecule has 0 aliphatic carbocycles. The largest absolute Gasteiger partial charge is 0.380 e. The van der Waals surface area contributed by atoms with Crippen molar-refractivity contribution in [2.45, 2.75) is 12.5 Å². The van der Waals surface area contributed by atoms with Gasteiger partial charge in [0.15, 0.2) is 0 Å². The van der Waals surface area contributed by atoms with Crippen molar-refractivity contribution in [2.24, 2.45) is 0 Å². The first-order valence-electron chi connectivity index (χ1n) is 6.01. The molecule has 1 amide bonds. The summed E-state index contributed by atoms with van der Waals surface area (Å²) >= 11 is 0. The molecule has 5 heteroatoms. The van der Waals surface area contributed by atoms with Gasteiger partial charge >= 0.3 is 0 Å². The average Bonchev–Trinajstić information content (AvgIpc) is 2.82. The van der Waals surface area contributed by atoms with Gasteiger partial charge < -0.3 is 20.1 Å². The summed E-state index contributed by atoms with van der Waals surface area (Å²) in [6.45, 7) is 1.61. The van der Waals surface area contributed by atoms with Gasteiger partial charge in [-0.15, -0.1) is 0 Å². The number of carbonyl (C=O) groups is 1. The fraction of sp³-hybridized carbons (Fsp3) is 0.462. The van der Waals surface area contributed by atoms with Crippen molar-refractivity contribution < 1.29 is 14.3 Å². The van der Waals surface area contributed by atoms with Gasteiger partial charge in [-0.25, -0.2) is 0 Å². The molecule has 0 spiro atoms. The topological polar surface area (TPSA) is 59.6 Å². The van der Waals surface area contributed by atoms with Crippen LogP contribution in [0, 0.1) is 0 Å². The van der Waals surface area contributed by atoms with Crippen LogP contribution in [-0.4, -0.2) is 38.9 Å². The van der Waals surface area contributed by atoms with Crippen LogP contribution < -0.4 is 10.6 Å². The van der Waals surface area contributed by atoms with Crippen LogP contribution in [0.3, 0.4) is 0 Å². The SMILES string of the molecule is COCC(=O)Nc1cccc(NC2CCOC2)c1.